The molecule has 0 aliphatic carbocycles. The molecule has 2 nitrogen and oxygen atoms in total. The monoisotopic (exact) mass is 242 g/mol. The second-order valence-electron chi connectivity index (χ2n) is 5.19. The molecule has 0 saturated heterocycles. The summed E-state index contributed by atoms with van der Waals surface area (Å²) < 4.78 is 5.46. The van der Waals surface area contributed by atoms with Crippen LogP contribution in [0.2, 0.25) is 5.02 Å². The lowest BCUT2D eigenvalue weighted by Crippen LogP contribution is -2.23. The highest BCUT2D eigenvalue weighted by Crippen LogP contribution is 2.22. The zero-order valence-electron chi connectivity index (χ0n) is 10.0. The highest BCUT2D eigenvalue weighted by Gasteiger charge is 2.17. The first-order valence-electron chi connectivity index (χ1n) is 5.43. The summed E-state index contributed by atoms with van der Waals surface area (Å²) in [6.07, 6.45) is 0.270. The summed E-state index contributed by atoms with van der Waals surface area (Å²) in [4.78, 5) is 0. The van der Waals surface area contributed by atoms with Gasteiger partial charge in [-0.15, -0.1) is 0 Å². The van der Waals surface area contributed by atoms with Gasteiger partial charge < -0.3 is 9.84 Å². The van der Waals surface area contributed by atoms with Crippen LogP contribution < -0.4 is 4.74 Å². The molecule has 3 heteroatoms. The van der Waals surface area contributed by atoms with Crippen LogP contribution in [-0.2, 0) is 0 Å². The Morgan fingerprint density at radius 2 is 2.06 bits per heavy atom. The molecule has 0 heterocycles. The van der Waals surface area contributed by atoms with Gasteiger partial charge in [-0.1, -0.05) is 38.4 Å². The van der Waals surface area contributed by atoms with E-state index in [-0.39, 0.29) is 5.41 Å². The fraction of sp³-hybridized carbons (Fsp3) is 0.538. The van der Waals surface area contributed by atoms with Crippen LogP contribution in [0.3, 0.4) is 0 Å². The van der Waals surface area contributed by atoms with Crippen molar-refractivity contribution in [1.82, 2.24) is 0 Å². The molecule has 1 atom stereocenters. The number of hydrogen-bond acceptors (Lipinski definition) is 2. The predicted octanol–water partition coefficient (Wildman–Crippen LogP) is 3.52. The lowest BCUT2D eigenvalue weighted by molar-refractivity contribution is 0.0710. The minimum absolute atomic E-state index is 0.108. The Labute approximate surface area is 102 Å². The number of aliphatic hydroxyl groups is 1. The number of ether oxygens (including phenoxy) is 1. The van der Waals surface area contributed by atoms with Gasteiger partial charge in [0, 0.05) is 5.02 Å². The number of hydrogen-bond donors (Lipinski definition) is 1. The van der Waals surface area contributed by atoms with E-state index in [4.69, 9.17) is 16.3 Å². The molecule has 0 fully saturated rings. The van der Waals surface area contributed by atoms with E-state index in [0.29, 0.717) is 23.8 Å². The fourth-order valence-corrected chi connectivity index (χ4v) is 1.70. The first-order chi connectivity index (χ1) is 7.37. The first-order valence-corrected chi connectivity index (χ1v) is 5.81. The largest absolute Gasteiger partial charge is 0.491 e. The van der Waals surface area contributed by atoms with E-state index >= 15 is 0 Å². The van der Waals surface area contributed by atoms with Crippen LogP contribution in [0.15, 0.2) is 24.3 Å². The van der Waals surface area contributed by atoms with Gasteiger partial charge in [0.15, 0.2) is 0 Å². The lowest BCUT2D eigenvalue weighted by Gasteiger charge is -2.22. The number of rotatable bonds is 4. The Bertz CT molecular complexity index is 331. The van der Waals surface area contributed by atoms with Gasteiger partial charge in [-0.2, -0.15) is 0 Å². The van der Waals surface area contributed by atoms with E-state index in [1.165, 1.54) is 0 Å². The molecule has 1 aromatic rings. The van der Waals surface area contributed by atoms with Gasteiger partial charge in [0.1, 0.15) is 12.4 Å². The Kier molecular flexibility index (Phi) is 4.63. The number of aliphatic hydroxyl groups excluding tert-OH is 1. The molecule has 0 aliphatic rings. The molecule has 0 amide bonds. The summed E-state index contributed by atoms with van der Waals surface area (Å²) in [5, 5.41) is 10.4. The third-order valence-corrected chi connectivity index (χ3v) is 2.32. The van der Waals surface area contributed by atoms with Crippen molar-refractivity contribution >= 4 is 11.6 Å². The molecule has 16 heavy (non-hydrogen) atoms. The molecule has 1 rings (SSSR count). The highest BCUT2D eigenvalue weighted by molar-refractivity contribution is 6.30. The van der Waals surface area contributed by atoms with Crippen LogP contribution in [0.4, 0.5) is 0 Å². The quantitative estimate of drug-likeness (QED) is 0.876. The lowest BCUT2D eigenvalue weighted by atomic mass is 9.89. The Morgan fingerprint density at radius 1 is 1.38 bits per heavy atom. The molecular weight excluding hydrogens is 224 g/mol. The third kappa shape index (κ3) is 5.38. The molecule has 0 spiro atoms. The van der Waals surface area contributed by atoms with Gasteiger partial charge in [0.05, 0.1) is 6.10 Å². The van der Waals surface area contributed by atoms with Crippen molar-refractivity contribution in [3.63, 3.8) is 0 Å². The van der Waals surface area contributed by atoms with Crippen LogP contribution in [-0.4, -0.2) is 17.8 Å². The Hall–Kier alpha value is -0.730. The van der Waals surface area contributed by atoms with Gasteiger partial charge >= 0.3 is 0 Å². The second-order valence-corrected chi connectivity index (χ2v) is 5.62. The Morgan fingerprint density at radius 3 is 2.62 bits per heavy atom. The van der Waals surface area contributed by atoms with E-state index < -0.39 is 6.10 Å². The molecule has 1 aromatic carbocycles. The van der Waals surface area contributed by atoms with Crippen molar-refractivity contribution in [2.75, 3.05) is 6.61 Å². The maximum absolute atomic E-state index is 9.76. The van der Waals surface area contributed by atoms with E-state index in [1.807, 2.05) is 12.1 Å². The van der Waals surface area contributed by atoms with Gasteiger partial charge in [-0.25, -0.2) is 0 Å². The van der Waals surface area contributed by atoms with Gasteiger partial charge in [-0.3, -0.25) is 0 Å². The van der Waals surface area contributed by atoms with Gasteiger partial charge in [0.25, 0.3) is 0 Å². The van der Waals surface area contributed by atoms with E-state index in [2.05, 4.69) is 20.8 Å². The minimum Gasteiger partial charge on any atom is -0.491 e. The summed E-state index contributed by atoms with van der Waals surface area (Å²) in [7, 11) is 0. The van der Waals surface area contributed by atoms with Crippen LogP contribution in [0.25, 0.3) is 0 Å². The average molecular weight is 243 g/mol. The summed E-state index contributed by atoms with van der Waals surface area (Å²) in [6, 6.07) is 7.19. The molecule has 1 unspecified atom stereocenters. The minimum atomic E-state index is -0.445. The third-order valence-electron chi connectivity index (χ3n) is 2.09. The molecule has 0 saturated carbocycles. The van der Waals surface area contributed by atoms with Crippen LogP contribution in [0, 0.1) is 5.41 Å². The summed E-state index contributed by atoms with van der Waals surface area (Å²) in [5.74, 6) is 0.695. The summed E-state index contributed by atoms with van der Waals surface area (Å²) in [6.45, 7) is 6.58. The second kappa shape index (κ2) is 5.55. The standard InChI is InChI=1S/C13H19ClO2/c1-13(2,3)8-11(15)9-16-12-6-4-5-10(14)7-12/h4-7,11,15H,8-9H2,1-3H3. The van der Waals surface area contributed by atoms with E-state index in [1.54, 1.807) is 12.1 Å². The van der Waals surface area contributed by atoms with E-state index in [9.17, 15) is 5.11 Å². The maximum atomic E-state index is 9.76. The molecule has 0 aliphatic heterocycles. The van der Waals surface area contributed by atoms with Crippen molar-refractivity contribution in [1.29, 1.82) is 0 Å². The number of benzene rings is 1. The highest BCUT2D eigenvalue weighted by atomic mass is 35.5. The van der Waals surface area contributed by atoms with Crippen molar-refractivity contribution in [2.45, 2.75) is 33.3 Å². The summed E-state index contributed by atoms with van der Waals surface area (Å²) in [5.41, 5.74) is 0.108. The normalized spacial score (nSPS) is 13.6. The van der Waals surface area contributed by atoms with Crippen LogP contribution in [0.1, 0.15) is 27.2 Å². The molecule has 1 N–H and O–H groups in total. The van der Waals surface area contributed by atoms with E-state index in [0.717, 1.165) is 0 Å². The SMILES string of the molecule is CC(C)(C)CC(O)COc1cccc(Cl)c1. The molecule has 90 valence electrons. The average Bonchev–Trinajstić information content (AvgIpc) is 2.12. The van der Waals surface area contributed by atoms with Crippen LogP contribution in [0.5, 0.6) is 5.75 Å². The smallest absolute Gasteiger partial charge is 0.120 e. The topological polar surface area (TPSA) is 29.5 Å². The van der Waals surface area contributed by atoms with Crippen LogP contribution >= 0.6 is 11.6 Å². The fourth-order valence-electron chi connectivity index (χ4n) is 1.52. The van der Waals surface area contributed by atoms with Crippen molar-refractivity contribution < 1.29 is 9.84 Å². The van der Waals surface area contributed by atoms with Crippen molar-refractivity contribution in [2.24, 2.45) is 5.41 Å². The molecular formula is C13H19ClO2. The van der Waals surface area contributed by atoms with Gasteiger partial charge in [-0.05, 0) is 30.0 Å². The Balaban J connectivity index is 2.40. The molecule has 0 bridgehead atoms. The zero-order chi connectivity index (χ0) is 12.2. The van der Waals surface area contributed by atoms with Crippen molar-refractivity contribution in [3.8, 4) is 5.75 Å². The molecule has 0 aromatic heterocycles. The maximum Gasteiger partial charge on any atom is 0.120 e. The predicted molar refractivity (Wildman–Crippen MR) is 67.0 cm³/mol. The molecule has 0 radical (unpaired) electrons. The number of halogens is 1. The zero-order valence-corrected chi connectivity index (χ0v) is 10.8. The van der Waals surface area contributed by atoms with Crippen molar-refractivity contribution in [3.05, 3.63) is 29.3 Å². The van der Waals surface area contributed by atoms with Gasteiger partial charge in [0.2, 0.25) is 0 Å². The summed E-state index contributed by atoms with van der Waals surface area (Å²) >= 11 is 5.82. The first kappa shape index (κ1) is 13.3.